The second-order valence-corrected chi connectivity index (χ2v) is 4.18. The minimum absolute atomic E-state index is 0.366. The predicted octanol–water partition coefficient (Wildman–Crippen LogP) is 2.25. The van der Waals surface area contributed by atoms with Crippen LogP contribution in [0.25, 0.3) is 0 Å². The van der Waals surface area contributed by atoms with Gasteiger partial charge in [0, 0.05) is 13.2 Å². The molecule has 0 rings (SSSR count). The first kappa shape index (κ1) is 12.3. The molecule has 72 valence electrons. The first-order chi connectivity index (χ1) is 5.52. The minimum atomic E-state index is -0.366. The zero-order valence-corrected chi connectivity index (χ0v) is 9.30. The third-order valence-corrected chi connectivity index (χ3v) is 1.44. The van der Waals surface area contributed by atoms with Crippen molar-refractivity contribution in [1.29, 1.82) is 0 Å². The molecule has 0 aliphatic heterocycles. The molecule has 0 amide bonds. The molecule has 2 nitrogen and oxygen atoms in total. The van der Waals surface area contributed by atoms with Crippen molar-refractivity contribution in [2.45, 2.75) is 27.7 Å². The molecule has 0 bridgehead atoms. The van der Waals surface area contributed by atoms with Gasteiger partial charge in [0.15, 0.2) is 0 Å². The Morgan fingerprint density at radius 3 is 1.58 bits per heavy atom. The topological polar surface area (TPSA) is 18.5 Å². The zero-order chi connectivity index (χ0) is 9.56. The highest BCUT2D eigenvalue weighted by Crippen LogP contribution is 2.02. The third-order valence-electron chi connectivity index (χ3n) is 1.14. The molecule has 0 aliphatic rings. The number of thiol groups is 1. The molecule has 0 spiro atoms. The molecule has 0 aromatic carbocycles. The van der Waals surface area contributed by atoms with Gasteiger partial charge >= 0.3 is 6.40 Å². The molecule has 0 radical (unpaired) electrons. The van der Waals surface area contributed by atoms with Crippen molar-refractivity contribution in [1.82, 2.24) is 0 Å². The van der Waals surface area contributed by atoms with Gasteiger partial charge in [-0.05, 0) is 11.8 Å². The van der Waals surface area contributed by atoms with Crippen molar-refractivity contribution < 1.29 is 9.31 Å². The highest BCUT2D eigenvalue weighted by Gasteiger charge is 2.13. The average Bonchev–Trinajstić information content (AvgIpc) is 1.96. The highest BCUT2D eigenvalue weighted by molar-refractivity contribution is 8.08. The van der Waals surface area contributed by atoms with Crippen LogP contribution < -0.4 is 0 Å². The zero-order valence-electron chi connectivity index (χ0n) is 8.41. The largest absolute Gasteiger partial charge is 0.528 e. The predicted molar refractivity (Wildman–Crippen MR) is 56.3 cm³/mol. The average molecular weight is 190 g/mol. The van der Waals surface area contributed by atoms with Crippen molar-refractivity contribution in [2.75, 3.05) is 13.2 Å². The Hall–Kier alpha value is 0.335. The van der Waals surface area contributed by atoms with Gasteiger partial charge in [0.05, 0.1) is 0 Å². The molecule has 0 fully saturated rings. The fourth-order valence-corrected chi connectivity index (χ4v) is 0.770. The summed E-state index contributed by atoms with van der Waals surface area (Å²) in [5.74, 6) is 1.06. The summed E-state index contributed by atoms with van der Waals surface area (Å²) in [4.78, 5) is 0. The van der Waals surface area contributed by atoms with Gasteiger partial charge in [-0.2, -0.15) is 12.5 Å². The quantitative estimate of drug-likeness (QED) is 0.511. The van der Waals surface area contributed by atoms with E-state index in [9.17, 15) is 0 Å². The molecule has 0 saturated heterocycles. The Balaban J connectivity index is 3.27. The van der Waals surface area contributed by atoms with E-state index in [-0.39, 0.29) is 6.40 Å². The van der Waals surface area contributed by atoms with Crippen LogP contribution in [0.4, 0.5) is 0 Å². The van der Waals surface area contributed by atoms with Gasteiger partial charge in [0.2, 0.25) is 0 Å². The van der Waals surface area contributed by atoms with Crippen molar-refractivity contribution in [2.24, 2.45) is 11.8 Å². The Morgan fingerprint density at radius 1 is 1.00 bits per heavy atom. The summed E-state index contributed by atoms with van der Waals surface area (Å²) in [5, 5.41) is 0. The van der Waals surface area contributed by atoms with Crippen LogP contribution in [-0.2, 0) is 9.31 Å². The van der Waals surface area contributed by atoms with Crippen molar-refractivity contribution in [3.05, 3.63) is 0 Å². The molecule has 0 atom stereocenters. The second-order valence-electron chi connectivity index (χ2n) is 3.76. The van der Waals surface area contributed by atoms with Crippen molar-refractivity contribution in [3.8, 4) is 0 Å². The van der Waals surface area contributed by atoms with E-state index in [2.05, 4.69) is 40.2 Å². The summed E-state index contributed by atoms with van der Waals surface area (Å²) in [7, 11) is 0. The van der Waals surface area contributed by atoms with Crippen LogP contribution in [0.3, 0.4) is 0 Å². The summed E-state index contributed by atoms with van der Waals surface area (Å²) in [6.07, 6.45) is -0.366. The smallest absolute Gasteiger partial charge is 0.402 e. The van der Waals surface area contributed by atoms with Gasteiger partial charge < -0.3 is 9.31 Å². The van der Waals surface area contributed by atoms with Crippen molar-refractivity contribution >= 4 is 18.9 Å². The van der Waals surface area contributed by atoms with Gasteiger partial charge in [-0.15, -0.1) is 0 Å². The normalized spacial score (nSPS) is 11.2. The molecule has 0 aromatic rings. The SMILES string of the molecule is CC(C)COB(S)OCC(C)C. The van der Waals surface area contributed by atoms with Gasteiger partial charge in [-0.1, -0.05) is 27.7 Å². The summed E-state index contributed by atoms with van der Waals surface area (Å²) >= 11 is 4.13. The monoisotopic (exact) mass is 190 g/mol. The molecule has 0 heterocycles. The lowest BCUT2D eigenvalue weighted by Crippen LogP contribution is -2.21. The lowest BCUT2D eigenvalue weighted by molar-refractivity contribution is 0.180. The molecule has 0 aliphatic carbocycles. The molecular weight excluding hydrogens is 171 g/mol. The maximum atomic E-state index is 5.30. The Kier molecular flexibility index (Phi) is 7.00. The Labute approximate surface area is 81.5 Å². The lowest BCUT2D eigenvalue weighted by atomic mass is 10.2. The molecule has 0 saturated carbocycles. The lowest BCUT2D eigenvalue weighted by Gasteiger charge is -2.12. The van der Waals surface area contributed by atoms with Gasteiger partial charge in [-0.25, -0.2) is 0 Å². The van der Waals surface area contributed by atoms with E-state index in [1.165, 1.54) is 0 Å². The fourth-order valence-electron chi connectivity index (χ4n) is 0.598. The van der Waals surface area contributed by atoms with Crippen LogP contribution in [-0.4, -0.2) is 19.6 Å². The molecule has 0 N–H and O–H groups in total. The summed E-state index contributed by atoms with van der Waals surface area (Å²) in [6.45, 7) is 9.80. The van der Waals surface area contributed by atoms with Crippen LogP contribution in [0.1, 0.15) is 27.7 Å². The van der Waals surface area contributed by atoms with Gasteiger partial charge in [0.25, 0.3) is 0 Å². The van der Waals surface area contributed by atoms with Crippen LogP contribution in [0.15, 0.2) is 0 Å². The molecule has 4 heteroatoms. The minimum Gasteiger partial charge on any atom is -0.402 e. The van der Waals surface area contributed by atoms with Crippen LogP contribution in [0.5, 0.6) is 0 Å². The van der Waals surface area contributed by atoms with E-state index in [4.69, 9.17) is 9.31 Å². The van der Waals surface area contributed by atoms with E-state index in [1.807, 2.05) is 0 Å². The molecular formula is C8H19BO2S. The van der Waals surface area contributed by atoms with E-state index < -0.39 is 0 Å². The second kappa shape index (κ2) is 6.81. The van der Waals surface area contributed by atoms with Gasteiger partial charge in [-0.3, -0.25) is 0 Å². The summed E-state index contributed by atoms with van der Waals surface area (Å²) in [5.41, 5.74) is 0. The standard InChI is InChI=1S/C8H19BO2S/c1-7(2)5-10-9(12)11-6-8(3)4/h7-8,12H,5-6H2,1-4H3. The van der Waals surface area contributed by atoms with E-state index in [0.717, 1.165) is 0 Å². The third kappa shape index (κ3) is 8.43. The molecule has 12 heavy (non-hydrogen) atoms. The van der Waals surface area contributed by atoms with E-state index in [1.54, 1.807) is 0 Å². The number of hydrogen-bond donors (Lipinski definition) is 1. The maximum absolute atomic E-state index is 5.30. The van der Waals surface area contributed by atoms with Crippen LogP contribution in [0, 0.1) is 11.8 Å². The number of hydrogen-bond acceptors (Lipinski definition) is 3. The molecule has 0 aromatic heterocycles. The molecule has 0 unspecified atom stereocenters. The number of rotatable bonds is 6. The first-order valence-corrected chi connectivity index (χ1v) is 4.95. The van der Waals surface area contributed by atoms with Crippen LogP contribution >= 0.6 is 12.5 Å². The summed E-state index contributed by atoms with van der Waals surface area (Å²) in [6, 6.07) is 0. The first-order valence-electron chi connectivity index (χ1n) is 4.43. The van der Waals surface area contributed by atoms with Crippen LogP contribution in [0.2, 0.25) is 0 Å². The Bertz CT molecular complexity index is 97.2. The van der Waals surface area contributed by atoms with Gasteiger partial charge in [0.1, 0.15) is 0 Å². The summed E-state index contributed by atoms with van der Waals surface area (Å²) < 4.78 is 10.6. The fraction of sp³-hybridized carbons (Fsp3) is 1.00. The highest BCUT2D eigenvalue weighted by atomic mass is 32.1. The maximum Gasteiger partial charge on any atom is 0.528 e. The van der Waals surface area contributed by atoms with Crippen molar-refractivity contribution in [3.63, 3.8) is 0 Å². The van der Waals surface area contributed by atoms with E-state index >= 15 is 0 Å². The van der Waals surface area contributed by atoms with E-state index in [0.29, 0.717) is 25.0 Å². The Morgan fingerprint density at radius 2 is 1.33 bits per heavy atom.